The molecule has 1 aromatic heterocycles. The summed E-state index contributed by atoms with van der Waals surface area (Å²) < 4.78 is 0. The topological polar surface area (TPSA) is 69.2 Å². The zero-order valence-electron chi connectivity index (χ0n) is 13.2. The summed E-state index contributed by atoms with van der Waals surface area (Å²) in [7, 11) is 3.93. The molecule has 1 unspecified atom stereocenters. The maximum Gasteiger partial charge on any atom is 0.258 e. The van der Waals surface area contributed by atoms with E-state index in [1.165, 1.54) is 0 Å². The molecule has 5 heteroatoms. The Morgan fingerprint density at radius 1 is 1.13 bits per heavy atom. The number of anilines is 1. The van der Waals surface area contributed by atoms with Gasteiger partial charge in [-0.15, -0.1) is 0 Å². The summed E-state index contributed by atoms with van der Waals surface area (Å²) in [5, 5.41) is 10.9. The summed E-state index contributed by atoms with van der Waals surface area (Å²) in [6.07, 6.45) is -0.447. The van der Waals surface area contributed by atoms with Gasteiger partial charge >= 0.3 is 0 Å². The van der Waals surface area contributed by atoms with Gasteiger partial charge in [0, 0.05) is 26.2 Å². The Balaban J connectivity index is 1.85. The quantitative estimate of drug-likeness (QED) is 0.775. The first kappa shape index (κ1) is 15.2. The van der Waals surface area contributed by atoms with Gasteiger partial charge in [0.25, 0.3) is 5.56 Å². The first-order valence-electron chi connectivity index (χ1n) is 7.48. The fraction of sp³-hybridized carbons (Fsp3) is 0.222. The maximum absolute atomic E-state index is 12.1. The van der Waals surface area contributed by atoms with Crippen molar-refractivity contribution in [3.63, 3.8) is 0 Å². The minimum atomic E-state index is -0.712. The van der Waals surface area contributed by atoms with E-state index >= 15 is 0 Å². The lowest BCUT2D eigenvalue weighted by Crippen LogP contribution is -2.14. The molecule has 5 nitrogen and oxygen atoms in total. The number of aromatic amines is 1. The van der Waals surface area contributed by atoms with E-state index in [9.17, 15) is 9.90 Å². The van der Waals surface area contributed by atoms with Crippen molar-refractivity contribution in [2.45, 2.75) is 12.5 Å². The monoisotopic (exact) mass is 309 g/mol. The molecule has 2 aromatic carbocycles. The number of hydrogen-bond donors (Lipinski definition) is 2. The minimum absolute atomic E-state index is 0.180. The number of hydrogen-bond acceptors (Lipinski definition) is 4. The summed E-state index contributed by atoms with van der Waals surface area (Å²) in [4.78, 5) is 21.2. The van der Waals surface area contributed by atoms with Crippen LogP contribution in [-0.4, -0.2) is 29.2 Å². The number of nitrogens with one attached hydrogen (secondary N) is 1. The third-order valence-corrected chi connectivity index (χ3v) is 3.84. The molecule has 0 bridgehead atoms. The van der Waals surface area contributed by atoms with E-state index in [1.54, 1.807) is 18.2 Å². The lowest BCUT2D eigenvalue weighted by molar-refractivity contribution is 0.176. The van der Waals surface area contributed by atoms with Crippen molar-refractivity contribution in [1.82, 2.24) is 9.97 Å². The summed E-state index contributed by atoms with van der Waals surface area (Å²) in [6, 6.07) is 14.9. The Hall–Kier alpha value is -2.66. The number of aliphatic hydroxyl groups excluding tert-OH is 1. The molecule has 1 atom stereocenters. The van der Waals surface area contributed by atoms with Crippen molar-refractivity contribution in [3.05, 3.63) is 70.3 Å². The third kappa shape index (κ3) is 3.24. The summed E-state index contributed by atoms with van der Waals surface area (Å²) in [5.41, 5.74) is 2.33. The van der Waals surface area contributed by atoms with E-state index in [1.807, 2.05) is 49.3 Å². The van der Waals surface area contributed by atoms with E-state index in [0.717, 1.165) is 11.3 Å². The van der Waals surface area contributed by atoms with Crippen molar-refractivity contribution in [2.75, 3.05) is 19.0 Å². The summed E-state index contributed by atoms with van der Waals surface area (Å²) in [6.45, 7) is 0. The highest BCUT2D eigenvalue weighted by atomic mass is 16.3. The molecule has 0 aliphatic heterocycles. The van der Waals surface area contributed by atoms with Crippen LogP contribution < -0.4 is 10.5 Å². The average Bonchev–Trinajstić information content (AvgIpc) is 2.55. The molecule has 0 radical (unpaired) electrons. The molecule has 0 amide bonds. The molecule has 118 valence electrons. The summed E-state index contributed by atoms with van der Waals surface area (Å²) >= 11 is 0. The highest BCUT2D eigenvalue weighted by molar-refractivity contribution is 5.77. The van der Waals surface area contributed by atoms with E-state index in [2.05, 4.69) is 9.97 Å². The maximum atomic E-state index is 12.1. The number of aliphatic hydroxyl groups is 1. The zero-order chi connectivity index (χ0) is 16.4. The van der Waals surface area contributed by atoms with Crippen molar-refractivity contribution >= 4 is 16.6 Å². The Morgan fingerprint density at radius 2 is 1.83 bits per heavy atom. The first-order chi connectivity index (χ1) is 11.0. The van der Waals surface area contributed by atoms with Gasteiger partial charge in [-0.1, -0.05) is 24.3 Å². The van der Waals surface area contributed by atoms with Crippen molar-refractivity contribution in [1.29, 1.82) is 0 Å². The van der Waals surface area contributed by atoms with E-state index in [-0.39, 0.29) is 12.0 Å². The van der Waals surface area contributed by atoms with Gasteiger partial charge in [0.05, 0.1) is 17.0 Å². The predicted molar refractivity (Wildman–Crippen MR) is 91.8 cm³/mol. The van der Waals surface area contributed by atoms with E-state index < -0.39 is 6.10 Å². The highest BCUT2D eigenvalue weighted by Crippen LogP contribution is 2.20. The van der Waals surface area contributed by atoms with Crippen LogP contribution in [0.5, 0.6) is 0 Å². The second kappa shape index (κ2) is 6.22. The molecule has 3 rings (SSSR count). The molecule has 2 N–H and O–H groups in total. The molecule has 1 heterocycles. The number of nitrogens with zero attached hydrogens (tertiary/aromatic N) is 2. The van der Waals surface area contributed by atoms with Gasteiger partial charge in [0.2, 0.25) is 0 Å². The van der Waals surface area contributed by atoms with Crippen molar-refractivity contribution in [3.8, 4) is 0 Å². The smallest absolute Gasteiger partial charge is 0.258 e. The van der Waals surface area contributed by atoms with Crippen molar-refractivity contribution in [2.24, 2.45) is 0 Å². The molecule has 23 heavy (non-hydrogen) atoms. The van der Waals surface area contributed by atoms with Crippen LogP contribution in [-0.2, 0) is 6.42 Å². The molecule has 0 saturated heterocycles. The van der Waals surface area contributed by atoms with E-state index in [0.29, 0.717) is 16.7 Å². The number of para-hydroxylation sites is 1. The number of rotatable bonds is 4. The molecular weight excluding hydrogens is 290 g/mol. The lowest BCUT2D eigenvalue weighted by Gasteiger charge is -2.15. The van der Waals surface area contributed by atoms with Gasteiger partial charge < -0.3 is 15.0 Å². The number of benzene rings is 2. The Morgan fingerprint density at radius 3 is 2.52 bits per heavy atom. The van der Waals surface area contributed by atoms with Crippen LogP contribution in [0.3, 0.4) is 0 Å². The second-order valence-electron chi connectivity index (χ2n) is 5.74. The van der Waals surface area contributed by atoms with Gasteiger partial charge in [0.1, 0.15) is 5.82 Å². The number of H-pyrrole nitrogens is 1. The number of aromatic nitrogens is 2. The van der Waals surface area contributed by atoms with Crippen LogP contribution >= 0.6 is 0 Å². The SMILES string of the molecule is CN(C)c1ccc(C(O)Cc2nc3ccccc3c(=O)[nH]2)cc1. The Bertz CT molecular complexity index is 869. The van der Waals surface area contributed by atoms with E-state index in [4.69, 9.17) is 0 Å². The van der Waals surface area contributed by atoms with Crippen LogP contribution in [0.25, 0.3) is 10.9 Å². The fourth-order valence-electron chi connectivity index (χ4n) is 2.53. The van der Waals surface area contributed by atoms with Gasteiger partial charge in [0.15, 0.2) is 0 Å². The second-order valence-corrected chi connectivity index (χ2v) is 5.74. The van der Waals surface area contributed by atoms with Gasteiger partial charge in [-0.2, -0.15) is 0 Å². The van der Waals surface area contributed by atoms with Crippen LogP contribution in [0.2, 0.25) is 0 Å². The average molecular weight is 309 g/mol. The molecule has 0 aliphatic rings. The third-order valence-electron chi connectivity index (χ3n) is 3.84. The van der Waals surface area contributed by atoms with Crippen LogP contribution in [0.4, 0.5) is 5.69 Å². The Labute approximate surface area is 134 Å². The lowest BCUT2D eigenvalue weighted by atomic mass is 10.1. The first-order valence-corrected chi connectivity index (χ1v) is 7.48. The molecular formula is C18H19N3O2. The standard InChI is InChI=1S/C18H19N3O2/c1-21(2)13-9-7-12(8-10-13)16(22)11-17-19-15-6-4-3-5-14(15)18(23)20-17/h3-10,16,22H,11H2,1-2H3,(H,19,20,23). The van der Waals surface area contributed by atoms with Crippen molar-refractivity contribution < 1.29 is 5.11 Å². The van der Waals surface area contributed by atoms with Gasteiger partial charge in [-0.05, 0) is 29.8 Å². The highest BCUT2D eigenvalue weighted by Gasteiger charge is 2.12. The van der Waals surface area contributed by atoms with Crippen LogP contribution in [0.1, 0.15) is 17.5 Å². The normalized spacial score (nSPS) is 12.3. The minimum Gasteiger partial charge on any atom is -0.388 e. The van der Waals surface area contributed by atoms with Crippen LogP contribution in [0.15, 0.2) is 53.3 Å². The van der Waals surface area contributed by atoms with Crippen LogP contribution in [0, 0.1) is 0 Å². The van der Waals surface area contributed by atoms with Gasteiger partial charge in [-0.3, -0.25) is 4.79 Å². The van der Waals surface area contributed by atoms with Gasteiger partial charge in [-0.25, -0.2) is 4.98 Å². The Kier molecular flexibility index (Phi) is 4.12. The summed E-state index contributed by atoms with van der Waals surface area (Å²) in [5.74, 6) is 0.484. The molecule has 0 spiro atoms. The number of fused-ring (bicyclic) bond motifs is 1. The zero-order valence-corrected chi connectivity index (χ0v) is 13.2. The fourth-order valence-corrected chi connectivity index (χ4v) is 2.53. The molecule has 0 fully saturated rings. The molecule has 0 saturated carbocycles. The predicted octanol–water partition coefficient (Wildman–Crippen LogP) is 2.27. The largest absolute Gasteiger partial charge is 0.388 e. The molecule has 0 aliphatic carbocycles. The molecule has 3 aromatic rings.